The molecule has 0 saturated heterocycles. The van der Waals surface area contributed by atoms with Crippen molar-refractivity contribution in [2.24, 2.45) is 0 Å². The van der Waals surface area contributed by atoms with Crippen LogP contribution in [0.2, 0.25) is 0 Å². The van der Waals surface area contributed by atoms with Crippen LogP contribution >= 0.6 is 0 Å². The number of benzene rings is 2. The molecule has 2 amide bonds. The summed E-state index contributed by atoms with van der Waals surface area (Å²) in [5.74, 6) is 1.54. The molecule has 0 unspecified atom stereocenters. The Hall–Kier alpha value is -3.22. The van der Waals surface area contributed by atoms with Gasteiger partial charge in [0.05, 0.1) is 38.0 Å². The van der Waals surface area contributed by atoms with Gasteiger partial charge in [-0.15, -0.1) is 0 Å². The molecule has 1 N–H and O–H groups in total. The lowest BCUT2D eigenvalue weighted by Gasteiger charge is -2.23. The van der Waals surface area contributed by atoms with Gasteiger partial charge in [-0.25, -0.2) is 0 Å². The molecule has 0 aliphatic carbocycles. The Morgan fingerprint density at radius 3 is 2.63 bits per heavy atom. The lowest BCUT2D eigenvalue weighted by atomic mass is 10.1. The van der Waals surface area contributed by atoms with Crippen LogP contribution in [0.4, 0.5) is 5.69 Å². The van der Waals surface area contributed by atoms with Crippen molar-refractivity contribution in [3.8, 4) is 17.2 Å². The number of para-hydroxylation sites is 2. The van der Waals surface area contributed by atoms with E-state index in [1.807, 2.05) is 51.1 Å². The Kier molecular flexibility index (Phi) is 7.17. The van der Waals surface area contributed by atoms with Gasteiger partial charge in [0.25, 0.3) is 0 Å². The maximum absolute atomic E-state index is 12.7. The van der Waals surface area contributed by atoms with Crippen LogP contribution in [0.15, 0.2) is 42.5 Å². The number of nitrogens with zero attached hydrogens (tertiary/aromatic N) is 1. The van der Waals surface area contributed by atoms with Gasteiger partial charge in [-0.05, 0) is 50.6 Å². The number of carbonyl (C=O) groups excluding carboxylic acids is 2. The Balaban J connectivity index is 1.71. The molecule has 1 atom stereocenters. The van der Waals surface area contributed by atoms with Gasteiger partial charge in [-0.1, -0.05) is 18.2 Å². The minimum Gasteiger partial charge on any atom is -0.491 e. The summed E-state index contributed by atoms with van der Waals surface area (Å²) in [5, 5.41) is 2.97. The molecule has 0 saturated carbocycles. The van der Waals surface area contributed by atoms with E-state index in [-0.39, 0.29) is 30.8 Å². The molecular weight excluding hydrogens is 384 g/mol. The van der Waals surface area contributed by atoms with E-state index in [0.29, 0.717) is 42.8 Å². The van der Waals surface area contributed by atoms with E-state index in [4.69, 9.17) is 14.2 Å². The molecule has 0 radical (unpaired) electrons. The molecule has 0 bridgehead atoms. The van der Waals surface area contributed by atoms with Crippen LogP contribution in [0, 0.1) is 0 Å². The zero-order chi connectivity index (χ0) is 21.5. The van der Waals surface area contributed by atoms with E-state index in [9.17, 15) is 9.59 Å². The summed E-state index contributed by atoms with van der Waals surface area (Å²) >= 11 is 0. The van der Waals surface area contributed by atoms with Crippen molar-refractivity contribution in [2.75, 3.05) is 31.3 Å². The molecule has 2 aromatic carbocycles. The third-order valence-corrected chi connectivity index (χ3v) is 4.78. The summed E-state index contributed by atoms with van der Waals surface area (Å²) in [6.07, 6.45) is 0.230. The number of fused-ring (bicyclic) bond motifs is 1. The lowest BCUT2D eigenvalue weighted by molar-refractivity contribution is -0.124. The highest BCUT2D eigenvalue weighted by Crippen LogP contribution is 2.32. The van der Waals surface area contributed by atoms with Gasteiger partial charge < -0.3 is 19.5 Å². The summed E-state index contributed by atoms with van der Waals surface area (Å²) in [6.45, 7) is 7.01. The summed E-state index contributed by atoms with van der Waals surface area (Å²) in [6, 6.07) is 12.6. The molecule has 0 spiro atoms. The number of anilines is 1. The van der Waals surface area contributed by atoms with Gasteiger partial charge in [-0.2, -0.15) is 0 Å². The topological polar surface area (TPSA) is 77.1 Å². The third kappa shape index (κ3) is 5.03. The molecule has 1 heterocycles. The first kappa shape index (κ1) is 21.5. The summed E-state index contributed by atoms with van der Waals surface area (Å²) < 4.78 is 16.9. The smallest absolute Gasteiger partial charge is 0.240 e. The van der Waals surface area contributed by atoms with Gasteiger partial charge >= 0.3 is 0 Å². The molecule has 30 heavy (non-hydrogen) atoms. The summed E-state index contributed by atoms with van der Waals surface area (Å²) in [5.41, 5.74) is 1.50. The Morgan fingerprint density at radius 1 is 1.13 bits per heavy atom. The number of amides is 2. The zero-order valence-electron chi connectivity index (χ0n) is 17.6. The highest BCUT2D eigenvalue weighted by Gasteiger charge is 2.25. The van der Waals surface area contributed by atoms with Crippen LogP contribution in [0.25, 0.3) is 0 Å². The predicted molar refractivity (Wildman–Crippen MR) is 114 cm³/mol. The van der Waals surface area contributed by atoms with Crippen molar-refractivity contribution in [1.82, 2.24) is 5.32 Å². The maximum Gasteiger partial charge on any atom is 0.240 e. The number of rotatable bonds is 8. The van der Waals surface area contributed by atoms with Crippen molar-refractivity contribution < 1.29 is 23.8 Å². The lowest BCUT2D eigenvalue weighted by Crippen LogP contribution is -2.41. The number of carbonyl (C=O) groups is 2. The maximum atomic E-state index is 12.7. The third-order valence-electron chi connectivity index (χ3n) is 4.78. The quantitative estimate of drug-likeness (QED) is 0.718. The molecule has 0 fully saturated rings. The summed E-state index contributed by atoms with van der Waals surface area (Å²) in [4.78, 5) is 26.7. The van der Waals surface area contributed by atoms with Crippen LogP contribution in [0.1, 0.15) is 38.8 Å². The fraction of sp³-hybridized carbons (Fsp3) is 0.391. The molecular formula is C23H28N2O5. The highest BCUT2D eigenvalue weighted by molar-refractivity contribution is 6.00. The van der Waals surface area contributed by atoms with Crippen LogP contribution in [0.5, 0.6) is 17.2 Å². The van der Waals surface area contributed by atoms with Crippen LogP contribution in [0.3, 0.4) is 0 Å². The largest absolute Gasteiger partial charge is 0.491 e. The van der Waals surface area contributed by atoms with Crippen molar-refractivity contribution >= 4 is 17.5 Å². The first-order chi connectivity index (χ1) is 14.5. The molecule has 2 aromatic rings. The van der Waals surface area contributed by atoms with E-state index >= 15 is 0 Å². The first-order valence-electron chi connectivity index (χ1n) is 10.2. The standard InChI is InChI=1S/C23H28N2O5/c1-4-28-20-11-10-17(14-21(20)29-5-2)16(3)24-22(26)15-25-18-8-6-7-9-19(18)30-13-12-23(25)27/h6-11,14,16H,4-5,12-13,15H2,1-3H3,(H,24,26)/t16-/m1/s1. The number of hydrogen-bond acceptors (Lipinski definition) is 5. The minimum absolute atomic E-state index is 0.0705. The molecule has 7 heteroatoms. The SMILES string of the molecule is CCOc1ccc([C@@H](C)NC(=O)CN2C(=O)CCOc3ccccc32)cc1OCC. The van der Waals surface area contributed by atoms with Gasteiger partial charge in [-0.3, -0.25) is 14.5 Å². The molecule has 7 nitrogen and oxygen atoms in total. The van der Waals surface area contributed by atoms with E-state index in [2.05, 4.69) is 5.32 Å². The summed E-state index contributed by atoms with van der Waals surface area (Å²) in [7, 11) is 0. The fourth-order valence-corrected chi connectivity index (χ4v) is 3.34. The van der Waals surface area contributed by atoms with Crippen LogP contribution in [-0.2, 0) is 9.59 Å². The first-order valence-corrected chi connectivity index (χ1v) is 10.2. The molecule has 160 valence electrons. The van der Waals surface area contributed by atoms with Crippen molar-refractivity contribution in [2.45, 2.75) is 33.2 Å². The van der Waals surface area contributed by atoms with E-state index in [1.165, 1.54) is 4.90 Å². The number of ether oxygens (including phenoxy) is 3. The highest BCUT2D eigenvalue weighted by atomic mass is 16.5. The van der Waals surface area contributed by atoms with Crippen molar-refractivity contribution in [3.63, 3.8) is 0 Å². The van der Waals surface area contributed by atoms with Gasteiger partial charge in [0.1, 0.15) is 12.3 Å². The normalized spacial score (nSPS) is 14.2. The molecule has 0 aromatic heterocycles. The van der Waals surface area contributed by atoms with E-state index < -0.39 is 0 Å². The van der Waals surface area contributed by atoms with Crippen LogP contribution in [-0.4, -0.2) is 38.2 Å². The Bertz CT molecular complexity index is 899. The molecule has 1 aliphatic heterocycles. The van der Waals surface area contributed by atoms with Crippen LogP contribution < -0.4 is 24.4 Å². The second kappa shape index (κ2) is 10.0. The Labute approximate surface area is 176 Å². The van der Waals surface area contributed by atoms with E-state index in [0.717, 1.165) is 5.56 Å². The average Bonchev–Trinajstić information content (AvgIpc) is 2.88. The predicted octanol–water partition coefficient (Wildman–Crippen LogP) is 3.48. The number of hydrogen-bond donors (Lipinski definition) is 1. The fourth-order valence-electron chi connectivity index (χ4n) is 3.34. The Morgan fingerprint density at radius 2 is 1.87 bits per heavy atom. The zero-order valence-corrected chi connectivity index (χ0v) is 17.6. The van der Waals surface area contributed by atoms with Gasteiger partial charge in [0.15, 0.2) is 11.5 Å². The van der Waals surface area contributed by atoms with E-state index in [1.54, 1.807) is 12.1 Å². The second-order valence-corrected chi connectivity index (χ2v) is 6.91. The minimum atomic E-state index is -0.263. The van der Waals surface area contributed by atoms with Crippen molar-refractivity contribution in [3.05, 3.63) is 48.0 Å². The second-order valence-electron chi connectivity index (χ2n) is 6.91. The van der Waals surface area contributed by atoms with Gasteiger partial charge in [0, 0.05) is 0 Å². The average molecular weight is 412 g/mol. The van der Waals surface area contributed by atoms with Crippen molar-refractivity contribution in [1.29, 1.82) is 0 Å². The number of nitrogens with one attached hydrogen (secondary N) is 1. The molecule has 1 aliphatic rings. The molecule has 3 rings (SSSR count). The van der Waals surface area contributed by atoms with Gasteiger partial charge in [0.2, 0.25) is 11.8 Å². The monoisotopic (exact) mass is 412 g/mol.